The van der Waals surface area contributed by atoms with E-state index in [-0.39, 0.29) is 5.91 Å². The molecule has 0 saturated heterocycles. The summed E-state index contributed by atoms with van der Waals surface area (Å²) in [6.07, 6.45) is 6.39. The number of aryl methyl sites for hydroxylation is 1. The van der Waals surface area contributed by atoms with Gasteiger partial charge in [0.05, 0.1) is 41.7 Å². The molecule has 0 unspecified atom stereocenters. The fourth-order valence-corrected chi connectivity index (χ4v) is 2.62. The van der Waals surface area contributed by atoms with Crippen LogP contribution >= 0.6 is 11.3 Å². The second-order valence-electron chi connectivity index (χ2n) is 4.31. The first-order valence-electron chi connectivity index (χ1n) is 6.26. The van der Waals surface area contributed by atoms with Crippen molar-refractivity contribution < 1.29 is 9.21 Å². The molecule has 0 aliphatic heterocycles. The van der Waals surface area contributed by atoms with Gasteiger partial charge in [-0.25, -0.2) is 4.98 Å². The molecule has 3 aromatic heterocycles. The summed E-state index contributed by atoms with van der Waals surface area (Å²) in [6, 6.07) is 1.81. The molecule has 6 nitrogen and oxygen atoms in total. The van der Waals surface area contributed by atoms with E-state index in [4.69, 9.17) is 4.42 Å². The van der Waals surface area contributed by atoms with Crippen LogP contribution in [0, 0.1) is 6.92 Å². The number of hydrogen-bond acceptors (Lipinski definition) is 6. The van der Waals surface area contributed by atoms with Crippen molar-refractivity contribution in [2.75, 3.05) is 0 Å². The van der Waals surface area contributed by atoms with Gasteiger partial charge in [-0.15, -0.1) is 11.3 Å². The third-order valence-corrected chi connectivity index (χ3v) is 3.86. The minimum Gasteiger partial charge on any atom is -0.472 e. The summed E-state index contributed by atoms with van der Waals surface area (Å²) in [5.74, 6) is -0.154. The first-order chi connectivity index (χ1) is 10.3. The molecule has 3 aromatic rings. The molecule has 21 heavy (non-hydrogen) atoms. The van der Waals surface area contributed by atoms with Gasteiger partial charge >= 0.3 is 0 Å². The van der Waals surface area contributed by atoms with E-state index >= 15 is 0 Å². The zero-order chi connectivity index (χ0) is 14.7. The van der Waals surface area contributed by atoms with E-state index in [1.54, 1.807) is 30.4 Å². The van der Waals surface area contributed by atoms with Crippen LogP contribution in [0.25, 0.3) is 11.3 Å². The molecular weight excluding hydrogens is 288 g/mol. The monoisotopic (exact) mass is 300 g/mol. The van der Waals surface area contributed by atoms with Crippen molar-refractivity contribution in [1.82, 2.24) is 20.3 Å². The van der Waals surface area contributed by atoms with Crippen LogP contribution in [0.2, 0.25) is 0 Å². The maximum atomic E-state index is 12.1. The van der Waals surface area contributed by atoms with Crippen LogP contribution in [0.1, 0.15) is 21.1 Å². The standard InChI is InChI=1S/C14H12N4O2S/c1-9-13(21-8-18-9)14(19)17-6-11-12(16-4-3-15-11)10-2-5-20-7-10/h2-5,7-8H,6H2,1H3,(H,17,19). The maximum absolute atomic E-state index is 12.1. The fraction of sp³-hybridized carbons (Fsp3) is 0.143. The lowest BCUT2D eigenvalue weighted by Gasteiger charge is -2.07. The second kappa shape index (κ2) is 5.84. The van der Waals surface area contributed by atoms with Crippen LogP contribution in [0.3, 0.4) is 0 Å². The number of aromatic nitrogens is 3. The molecule has 3 heterocycles. The predicted molar refractivity (Wildman–Crippen MR) is 77.8 cm³/mol. The number of furan rings is 1. The van der Waals surface area contributed by atoms with Gasteiger partial charge in [0.15, 0.2) is 0 Å². The number of hydrogen-bond donors (Lipinski definition) is 1. The number of carbonyl (C=O) groups excluding carboxylic acids is 1. The Kier molecular flexibility index (Phi) is 3.74. The number of nitrogens with one attached hydrogen (secondary N) is 1. The van der Waals surface area contributed by atoms with Crippen molar-refractivity contribution in [3.05, 3.63) is 52.8 Å². The van der Waals surface area contributed by atoms with Crippen LogP contribution < -0.4 is 5.32 Å². The third-order valence-electron chi connectivity index (χ3n) is 2.94. The highest BCUT2D eigenvalue weighted by Gasteiger charge is 2.14. The first-order valence-corrected chi connectivity index (χ1v) is 7.14. The van der Waals surface area contributed by atoms with Crippen LogP contribution in [0.15, 0.2) is 40.9 Å². The molecule has 0 spiro atoms. The lowest BCUT2D eigenvalue weighted by atomic mass is 10.2. The van der Waals surface area contributed by atoms with Crippen LogP contribution in [0.5, 0.6) is 0 Å². The Bertz CT molecular complexity index is 752. The van der Waals surface area contributed by atoms with Crippen molar-refractivity contribution in [1.29, 1.82) is 0 Å². The minimum atomic E-state index is -0.154. The highest BCUT2D eigenvalue weighted by atomic mass is 32.1. The largest absolute Gasteiger partial charge is 0.472 e. The maximum Gasteiger partial charge on any atom is 0.263 e. The molecule has 7 heteroatoms. The molecule has 0 aromatic carbocycles. The molecule has 1 N–H and O–H groups in total. The average Bonchev–Trinajstić information content (AvgIpc) is 3.16. The van der Waals surface area contributed by atoms with E-state index in [0.29, 0.717) is 22.8 Å². The molecule has 0 fully saturated rings. The van der Waals surface area contributed by atoms with Gasteiger partial charge in [-0.05, 0) is 13.0 Å². The summed E-state index contributed by atoms with van der Waals surface area (Å²) >= 11 is 1.32. The highest BCUT2D eigenvalue weighted by molar-refractivity contribution is 7.11. The number of carbonyl (C=O) groups is 1. The van der Waals surface area contributed by atoms with Crippen molar-refractivity contribution in [3.63, 3.8) is 0 Å². The number of thiazole rings is 1. The predicted octanol–water partition coefficient (Wildman–Crippen LogP) is 2.43. The Morgan fingerprint density at radius 3 is 2.90 bits per heavy atom. The summed E-state index contributed by atoms with van der Waals surface area (Å²) in [5, 5.41) is 2.84. The van der Waals surface area contributed by atoms with Crippen molar-refractivity contribution in [3.8, 4) is 11.3 Å². The number of rotatable bonds is 4. The van der Waals surface area contributed by atoms with E-state index in [1.807, 2.05) is 13.0 Å². The normalized spacial score (nSPS) is 10.5. The van der Waals surface area contributed by atoms with Gasteiger partial charge < -0.3 is 9.73 Å². The first kappa shape index (κ1) is 13.4. The van der Waals surface area contributed by atoms with Crippen LogP contribution in [-0.2, 0) is 6.54 Å². The van der Waals surface area contributed by atoms with Gasteiger partial charge in [0, 0.05) is 18.0 Å². The fourth-order valence-electron chi connectivity index (χ4n) is 1.90. The summed E-state index contributed by atoms with van der Waals surface area (Å²) in [5.41, 5.74) is 4.61. The van der Waals surface area contributed by atoms with E-state index in [2.05, 4.69) is 20.3 Å². The molecule has 0 atom stereocenters. The summed E-state index contributed by atoms with van der Waals surface area (Å²) < 4.78 is 5.06. The summed E-state index contributed by atoms with van der Waals surface area (Å²) in [7, 11) is 0. The Morgan fingerprint density at radius 1 is 1.33 bits per heavy atom. The lowest BCUT2D eigenvalue weighted by molar-refractivity contribution is 0.0953. The van der Waals surface area contributed by atoms with Crippen molar-refractivity contribution in [2.24, 2.45) is 0 Å². The smallest absolute Gasteiger partial charge is 0.263 e. The average molecular weight is 300 g/mol. The third kappa shape index (κ3) is 2.82. The SMILES string of the molecule is Cc1ncsc1C(=O)NCc1nccnc1-c1ccoc1. The summed E-state index contributed by atoms with van der Waals surface area (Å²) in [4.78, 5) is 25.3. The molecule has 0 aliphatic carbocycles. The molecule has 0 saturated carbocycles. The van der Waals surface area contributed by atoms with Gasteiger partial charge in [-0.3, -0.25) is 14.8 Å². The highest BCUT2D eigenvalue weighted by Crippen LogP contribution is 2.20. The van der Waals surface area contributed by atoms with Gasteiger partial charge in [0.1, 0.15) is 4.88 Å². The topological polar surface area (TPSA) is 80.9 Å². The van der Waals surface area contributed by atoms with E-state index in [9.17, 15) is 4.79 Å². The number of amides is 1. The molecule has 0 bridgehead atoms. The van der Waals surface area contributed by atoms with Crippen LogP contribution in [0.4, 0.5) is 0 Å². The summed E-state index contributed by atoms with van der Waals surface area (Å²) in [6.45, 7) is 2.11. The van der Waals surface area contributed by atoms with Crippen molar-refractivity contribution in [2.45, 2.75) is 13.5 Å². The van der Waals surface area contributed by atoms with Gasteiger partial charge in [-0.1, -0.05) is 0 Å². The zero-order valence-corrected chi connectivity index (χ0v) is 12.1. The molecule has 106 valence electrons. The van der Waals surface area contributed by atoms with Crippen molar-refractivity contribution >= 4 is 17.2 Å². The quantitative estimate of drug-likeness (QED) is 0.800. The van der Waals surface area contributed by atoms with E-state index in [1.165, 1.54) is 11.3 Å². The molecule has 3 rings (SSSR count). The zero-order valence-electron chi connectivity index (χ0n) is 11.2. The number of nitrogens with zero attached hydrogens (tertiary/aromatic N) is 3. The van der Waals surface area contributed by atoms with E-state index in [0.717, 1.165) is 11.3 Å². The molecule has 0 radical (unpaired) electrons. The van der Waals surface area contributed by atoms with Gasteiger partial charge in [0.25, 0.3) is 5.91 Å². The Labute approximate surface area is 124 Å². The lowest BCUT2D eigenvalue weighted by Crippen LogP contribution is -2.23. The molecule has 0 aliphatic rings. The Morgan fingerprint density at radius 2 is 2.19 bits per heavy atom. The van der Waals surface area contributed by atoms with Gasteiger partial charge in [0.2, 0.25) is 0 Å². The molecule has 1 amide bonds. The van der Waals surface area contributed by atoms with E-state index < -0.39 is 0 Å². The Hall–Kier alpha value is -2.54. The van der Waals surface area contributed by atoms with Crippen LogP contribution in [-0.4, -0.2) is 20.9 Å². The molecular formula is C14H12N4O2S. The Balaban J connectivity index is 1.77. The second-order valence-corrected chi connectivity index (χ2v) is 5.17. The van der Waals surface area contributed by atoms with Gasteiger partial charge in [-0.2, -0.15) is 0 Å². The minimum absolute atomic E-state index is 0.154.